The largest absolute Gasteiger partial charge is 0.357 e. The number of hydrogen-bond acceptors (Lipinski definition) is 4. The van der Waals surface area contributed by atoms with E-state index in [2.05, 4.69) is 5.32 Å². The second kappa shape index (κ2) is 11.2. The van der Waals surface area contributed by atoms with Crippen LogP contribution in [0.15, 0.2) is 42.5 Å². The van der Waals surface area contributed by atoms with E-state index in [4.69, 9.17) is 23.2 Å². The molecule has 33 heavy (non-hydrogen) atoms. The van der Waals surface area contributed by atoms with Gasteiger partial charge >= 0.3 is 0 Å². The monoisotopic (exact) mass is 513 g/mol. The standard InChI is InChI=1S/C23H29Cl2N3O4S/c1-15(2)19-8-6-7-9-21(19)28(33(5,31)32)14-22(29)27(16(3)23(30)26-4)13-17-10-11-18(24)12-20(17)25/h6-12,15-16H,13-14H2,1-5H3,(H,26,30)/t16-/m1/s1. The number of carbonyl (C=O) groups excluding carboxylic acids is 2. The summed E-state index contributed by atoms with van der Waals surface area (Å²) in [5, 5.41) is 3.31. The summed E-state index contributed by atoms with van der Waals surface area (Å²) in [6.07, 6.45) is 1.06. The summed E-state index contributed by atoms with van der Waals surface area (Å²) >= 11 is 12.3. The van der Waals surface area contributed by atoms with E-state index in [1.165, 1.54) is 11.9 Å². The van der Waals surface area contributed by atoms with Crippen LogP contribution in [0.5, 0.6) is 0 Å². The van der Waals surface area contributed by atoms with Gasteiger partial charge in [0.25, 0.3) is 0 Å². The summed E-state index contributed by atoms with van der Waals surface area (Å²) in [4.78, 5) is 27.2. The average molecular weight is 514 g/mol. The minimum Gasteiger partial charge on any atom is -0.357 e. The maximum atomic E-state index is 13.5. The van der Waals surface area contributed by atoms with Crippen LogP contribution in [0.25, 0.3) is 0 Å². The molecule has 10 heteroatoms. The zero-order chi connectivity index (χ0) is 24.9. The van der Waals surface area contributed by atoms with Gasteiger partial charge in [-0.2, -0.15) is 0 Å². The molecule has 0 aromatic heterocycles. The number of likely N-dealkylation sites (N-methyl/N-ethyl adjacent to an activating group) is 1. The smallest absolute Gasteiger partial charge is 0.244 e. The predicted octanol–water partition coefficient (Wildman–Crippen LogP) is 4.05. The maximum absolute atomic E-state index is 13.5. The highest BCUT2D eigenvalue weighted by Gasteiger charge is 2.31. The van der Waals surface area contributed by atoms with Gasteiger partial charge in [0, 0.05) is 23.6 Å². The van der Waals surface area contributed by atoms with Gasteiger partial charge in [-0.3, -0.25) is 13.9 Å². The van der Waals surface area contributed by atoms with Crippen LogP contribution in [0, 0.1) is 0 Å². The number of rotatable bonds is 9. The van der Waals surface area contributed by atoms with Gasteiger partial charge in [-0.25, -0.2) is 8.42 Å². The number of nitrogens with zero attached hydrogens (tertiary/aromatic N) is 2. The van der Waals surface area contributed by atoms with Gasteiger partial charge in [0.1, 0.15) is 12.6 Å². The van der Waals surface area contributed by atoms with E-state index in [9.17, 15) is 18.0 Å². The minimum atomic E-state index is -3.80. The fourth-order valence-electron chi connectivity index (χ4n) is 3.42. The number of carbonyl (C=O) groups is 2. The van der Waals surface area contributed by atoms with Crippen molar-refractivity contribution in [3.63, 3.8) is 0 Å². The van der Waals surface area contributed by atoms with Crippen molar-refractivity contribution in [1.82, 2.24) is 10.2 Å². The van der Waals surface area contributed by atoms with Crippen molar-refractivity contribution in [2.45, 2.75) is 39.3 Å². The molecule has 0 aliphatic rings. The first kappa shape index (κ1) is 27.0. The molecule has 0 aliphatic heterocycles. The van der Waals surface area contributed by atoms with Gasteiger partial charge in [-0.15, -0.1) is 0 Å². The van der Waals surface area contributed by atoms with Crippen LogP contribution >= 0.6 is 23.2 Å². The molecule has 1 atom stereocenters. The number of para-hydroxylation sites is 1. The first-order valence-corrected chi connectivity index (χ1v) is 13.0. The van der Waals surface area contributed by atoms with Crippen molar-refractivity contribution < 1.29 is 18.0 Å². The Morgan fingerprint density at radius 3 is 2.24 bits per heavy atom. The Kier molecular flexibility index (Phi) is 9.17. The van der Waals surface area contributed by atoms with Gasteiger partial charge < -0.3 is 10.2 Å². The molecule has 0 saturated heterocycles. The molecule has 7 nitrogen and oxygen atoms in total. The first-order valence-electron chi connectivity index (χ1n) is 10.4. The number of benzene rings is 2. The minimum absolute atomic E-state index is 0.00680. The molecule has 2 amide bonds. The fraction of sp³-hybridized carbons (Fsp3) is 0.391. The second-order valence-electron chi connectivity index (χ2n) is 8.03. The third-order valence-electron chi connectivity index (χ3n) is 5.28. The summed E-state index contributed by atoms with van der Waals surface area (Å²) in [5.41, 5.74) is 1.81. The van der Waals surface area contributed by atoms with Crippen molar-refractivity contribution in [2.75, 3.05) is 24.2 Å². The lowest BCUT2D eigenvalue weighted by Gasteiger charge is -2.32. The predicted molar refractivity (Wildman–Crippen MR) is 133 cm³/mol. The molecule has 1 N–H and O–H groups in total. The zero-order valence-corrected chi connectivity index (χ0v) is 21.6. The number of nitrogens with one attached hydrogen (secondary N) is 1. The Hall–Kier alpha value is -2.29. The Labute approximate surface area is 205 Å². The molecule has 0 fully saturated rings. The highest BCUT2D eigenvalue weighted by Crippen LogP contribution is 2.29. The van der Waals surface area contributed by atoms with Gasteiger partial charge in [-0.05, 0) is 42.2 Å². The van der Waals surface area contributed by atoms with E-state index in [0.717, 1.165) is 16.1 Å². The van der Waals surface area contributed by atoms with Crippen LogP contribution in [0.3, 0.4) is 0 Å². The lowest BCUT2D eigenvalue weighted by molar-refractivity contribution is -0.139. The molecule has 2 aromatic carbocycles. The average Bonchev–Trinajstić information content (AvgIpc) is 2.74. The summed E-state index contributed by atoms with van der Waals surface area (Å²) in [6.45, 7) is 5.02. The summed E-state index contributed by atoms with van der Waals surface area (Å²) in [6, 6.07) is 11.0. The number of halogens is 2. The van der Waals surface area contributed by atoms with Crippen LogP contribution < -0.4 is 9.62 Å². The van der Waals surface area contributed by atoms with Crippen molar-refractivity contribution in [1.29, 1.82) is 0 Å². The lowest BCUT2D eigenvalue weighted by atomic mass is 10.0. The molecule has 0 saturated carbocycles. The normalized spacial score (nSPS) is 12.4. The maximum Gasteiger partial charge on any atom is 0.244 e. The molecule has 0 bridgehead atoms. The third kappa shape index (κ3) is 6.85. The third-order valence-corrected chi connectivity index (χ3v) is 6.99. The Bertz CT molecular complexity index is 1120. The first-order chi connectivity index (χ1) is 15.4. The number of amides is 2. The van der Waals surface area contributed by atoms with Gasteiger partial charge in [0.05, 0.1) is 11.9 Å². The lowest BCUT2D eigenvalue weighted by Crippen LogP contribution is -2.50. The van der Waals surface area contributed by atoms with Gasteiger partial charge in [-0.1, -0.05) is 61.3 Å². The van der Waals surface area contributed by atoms with Crippen molar-refractivity contribution in [3.05, 3.63) is 63.6 Å². The number of sulfonamides is 1. The quantitative estimate of drug-likeness (QED) is 0.547. The van der Waals surface area contributed by atoms with Crippen LogP contribution in [-0.4, -0.2) is 51.0 Å². The number of hydrogen-bond donors (Lipinski definition) is 1. The SMILES string of the molecule is CNC(=O)[C@@H](C)N(Cc1ccc(Cl)cc1Cl)C(=O)CN(c1ccccc1C(C)C)S(C)(=O)=O. The highest BCUT2D eigenvalue weighted by atomic mass is 35.5. The zero-order valence-electron chi connectivity index (χ0n) is 19.3. The molecule has 0 heterocycles. The molecular weight excluding hydrogens is 485 g/mol. The van der Waals surface area contributed by atoms with Crippen LogP contribution in [0.4, 0.5) is 5.69 Å². The van der Waals surface area contributed by atoms with Crippen LogP contribution in [-0.2, 0) is 26.2 Å². The molecule has 0 aliphatic carbocycles. The number of anilines is 1. The summed E-state index contributed by atoms with van der Waals surface area (Å²) < 4.78 is 26.5. The highest BCUT2D eigenvalue weighted by molar-refractivity contribution is 7.92. The van der Waals surface area contributed by atoms with E-state index in [-0.39, 0.29) is 18.4 Å². The fourth-order valence-corrected chi connectivity index (χ4v) is 4.76. The molecule has 0 unspecified atom stereocenters. The summed E-state index contributed by atoms with van der Waals surface area (Å²) in [7, 11) is -2.33. The van der Waals surface area contributed by atoms with Crippen LogP contribution in [0.1, 0.15) is 37.8 Å². The molecule has 2 rings (SSSR count). The van der Waals surface area contributed by atoms with Gasteiger partial charge in [0.2, 0.25) is 21.8 Å². The van der Waals surface area contributed by atoms with Crippen LogP contribution in [0.2, 0.25) is 10.0 Å². The van der Waals surface area contributed by atoms with Gasteiger partial charge in [0.15, 0.2) is 0 Å². The molecule has 2 aromatic rings. The summed E-state index contributed by atoms with van der Waals surface area (Å²) in [5.74, 6) is -0.891. The van der Waals surface area contributed by atoms with E-state index in [1.54, 1.807) is 37.3 Å². The van der Waals surface area contributed by atoms with E-state index in [1.807, 2.05) is 26.0 Å². The van der Waals surface area contributed by atoms with Crippen molar-refractivity contribution >= 4 is 50.7 Å². The molecule has 0 spiro atoms. The van der Waals surface area contributed by atoms with Crippen molar-refractivity contribution in [2.24, 2.45) is 0 Å². The Morgan fingerprint density at radius 1 is 1.06 bits per heavy atom. The van der Waals surface area contributed by atoms with Crippen molar-refractivity contribution in [3.8, 4) is 0 Å². The topological polar surface area (TPSA) is 86.8 Å². The van der Waals surface area contributed by atoms with E-state index in [0.29, 0.717) is 21.3 Å². The molecule has 180 valence electrons. The Balaban J connectivity index is 2.48. The van der Waals surface area contributed by atoms with E-state index >= 15 is 0 Å². The Morgan fingerprint density at radius 2 is 1.70 bits per heavy atom. The molecular formula is C23H29Cl2N3O4S. The van der Waals surface area contributed by atoms with E-state index < -0.39 is 28.5 Å². The second-order valence-corrected chi connectivity index (χ2v) is 10.8. The molecule has 0 radical (unpaired) electrons.